The average Bonchev–Trinajstić information content (AvgIpc) is 2.66. The second kappa shape index (κ2) is 8.34. The van der Waals surface area contributed by atoms with Crippen molar-refractivity contribution in [3.63, 3.8) is 0 Å². The van der Waals surface area contributed by atoms with Crippen LogP contribution >= 0.6 is 11.6 Å². The number of rotatable bonds is 7. The summed E-state index contributed by atoms with van der Waals surface area (Å²) >= 11 is 6.32. The second-order valence-electron chi connectivity index (χ2n) is 6.25. The first-order chi connectivity index (χ1) is 12.6. The highest BCUT2D eigenvalue weighted by molar-refractivity contribution is 6.32. The molecule has 5 nitrogen and oxygen atoms in total. The fourth-order valence-corrected chi connectivity index (χ4v) is 2.93. The number of halogens is 1. The van der Waals surface area contributed by atoms with Gasteiger partial charge in [0, 0.05) is 18.5 Å². The molecule has 0 saturated heterocycles. The van der Waals surface area contributed by atoms with Gasteiger partial charge in [0.15, 0.2) is 0 Å². The van der Waals surface area contributed by atoms with Crippen molar-refractivity contribution in [2.75, 3.05) is 0 Å². The molecule has 0 bridgehead atoms. The lowest BCUT2D eigenvalue weighted by Gasteiger charge is -2.14. The number of hydrogen-bond donors (Lipinski definition) is 2. The Balaban J connectivity index is 1.66. The zero-order chi connectivity index (χ0) is 18.5. The third kappa shape index (κ3) is 4.23. The van der Waals surface area contributed by atoms with E-state index in [1.807, 2.05) is 43.3 Å². The van der Waals surface area contributed by atoms with E-state index in [1.165, 1.54) is 0 Å². The first-order valence-corrected chi connectivity index (χ1v) is 9.08. The first kappa shape index (κ1) is 18.4. The summed E-state index contributed by atoms with van der Waals surface area (Å²) in [5.74, 6) is 0.707. The van der Waals surface area contributed by atoms with E-state index in [2.05, 4.69) is 22.4 Å². The van der Waals surface area contributed by atoms with Crippen LogP contribution in [0.1, 0.15) is 31.5 Å². The number of nitrogens with zero attached hydrogens (tertiary/aromatic N) is 1. The molecule has 3 rings (SSSR count). The van der Waals surface area contributed by atoms with Gasteiger partial charge in [-0.2, -0.15) is 5.10 Å². The average molecular weight is 372 g/mol. The van der Waals surface area contributed by atoms with E-state index in [4.69, 9.17) is 16.3 Å². The quantitative estimate of drug-likeness (QED) is 0.657. The summed E-state index contributed by atoms with van der Waals surface area (Å²) < 4.78 is 5.79. The molecule has 0 fully saturated rings. The molecule has 2 aromatic carbocycles. The standard InChI is InChI=1S/C20H22ClN3O2/c1-3-13(2)26-19-9-8-14(10-17(19)21)11-22-12-18-15-6-4-5-7-16(15)20(25)24-23-18/h4-10,13,22H,3,11-12H2,1-2H3,(H,24,25). The van der Waals surface area contributed by atoms with Crippen LogP contribution < -0.4 is 15.6 Å². The molecule has 26 heavy (non-hydrogen) atoms. The molecule has 2 N–H and O–H groups in total. The van der Waals surface area contributed by atoms with Gasteiger partial charge in [0.05, 0.1) is 22.2 Å². The zero-order valence-electron chi connectivity index (χ0n) is 14.9. The highest BCUT2D eigenvalue weighted by Gasteiger charge is 2.08. The maximum absolute atomic E-state index is 11.8. The number of fused-ring (bicyclic) bond motifs is 1. The molecule has 136 valence electrons. The predicted octanol–water partition coefficient (Wildman–Crippen LogP) is 4.04. The number of aromatic nitrogens is 2. The largest absolute Gasteiger partial charge is 0.489 e. The van der Waals surface area contributed by atoms with E-state index in [0.29, 0.717) is 29.2 Å². The lowest BCUT2D eigenvalue weighted by Crippen LogP contribution is -2.18. The molecule has 0 radical (unpaired) electrons. The minimum atomic E-state index is -0.173. The summed E-state index contributed by atoms with van der Waals surface area (Å²) in [5.41, 5.74) is 1.69. The van der Waals surface area contributed by atoms with Gasteiger partial charge >= 0.3 is 0 Å². The molecule has 1 heterocycles. The van der Waals surface area contributed by atoms with Crippen LogP contribution in [0.15, 0.2) is 47.3 Å². The Morgan fingerprint density at radius 2 is 1.96 bits per heavy atom. The molecule has 6 heteroatoms. The molecule has 1 aromatic heterocycles. The maximum Gasteiger partial charge on any atom is 0.272 e. The number of H-pyrrole nitrogens is 1. The zero-order valence-corrected chi connectivity index (χ0v) is 15.6. The maximum atomic E-state index is 11.8. The number of hydrogen-bond acceptors (Lipinski definition) is 4. The molecule has 1 atom stereocenters. The van der Waals surface area contributed by atoms with Crippen molar-refractivity contribution in [3.05, 3.63) is 69.1 Å². The Hall–Kier alpha value is -2.37. The van der Waals surface area contributed by atoms with Crippen LogP contribution in [0.5, 0.6) is 5.75 Å². The minimum Gasteiger partial charge on any atom is -0.489 e. The van der Waals surface area contributed by atoms with E-state index in [9.17, 15) is 4.79 Å². The van der Waals surface area contributed by atoms with E-state index < -0.39 is 0 Å². The summed E-state index contributed by atoms with van der Waals surface area (Å²) in [7, 11) is 0. The summed E-state index contributed by atoms with van der Waals surface area (Å²) in [6.07, 6.45) is 1.07. The highest BCUT2D eigenvalue weighted by Crippen LogP contribution is 2.27. The third-order valence-corrected chi connectivity index (χ3v) is 4.59. The van der Waals surface area contributed by atoms with Gasteiger partial charge in [-0.25, -0.2) is 5.10 Å². The van der Waals surface area contributed by atoms with Crippen LogP contribution in [0.3, 0.4) is 0 Å². The summed E-state index contributed by atoms with van der Waals surface area (Å²) in [6, 6.07) is 13.3. The molecule has 0 amide bonds. The van der Waals surface area contributed by atoms with Gasteiger partial charge in [-0.05, 0) is 37.1 Å². The van der Waals surface area contributed by atoms with Gasteiger partial charge in [-0.1, -0.05) is 42.8 Å². The Kier molecular flexibility index (Phi) is 5.91. The van der Waals surface area contributed by atoms with Crippen molar-refractivity contribution in [2.24, 2.45) is 0 Å². The third-order valence-electron chi connectivity index (χ3n) is 4.30. The van der Waals surface area contributed by atoms with E-state index in [0.717, 1.165) is 23.1 Å². The molecule has 0 aliphatic heterocycles. The summed E-state index contributed by atoms with van der Waals surface area (Å²) in [5, 5.41) is 12.2. The molecule has 0 spiro atoms. The van der Waals surface area contributed by atoms with Gasteiger partial charge in [0.2, 0.25) is 0 Å². The number of ether oxygens (including phenoxy) is 1. The molecular weight excluding hydrogens is 350 g/mol. The predicted molar refractivity (Wildman–Crippen MR) is 105 cm³/mol. The van der Waals surface area contributed by atoms with Crippen molar-refractivity contribution in [1.82, 2.24) is 15.5 Å². The Morgan fingerprint density at radius 1 is 1.19 bits per heavy atom. The fourth-order valence-electron chi connectivity index (χ4n) is 2.68. The smallest absolute Gasteiger partial charge is 0.272 e. The second-order valence-corrected chi connectivity index (χ2v) is 6.66. The fraction of sp³-hybridized carbons (Fsp3) is 0.300. The van der Waals surface area contributed by atoms with Crippen LogP contribution in [0.25, 0.3) is 10.8 Å². The molecular formula is C20H22ClN3O2. The molecule has 3 aromatic rings. The SMILES string of the molecule is CCC(C)Oc1ccc(CNCc2n[nH]c(=O)c3ccccc23)cc1Cl. The van der Waals surface area contributed by atoms with Gasteiger partial charge < -0.3 is 10.1 Å². The molecule has 0 saturated carbocycles. The Labute approximate surface area is 157 Å². The van der Waals surface area contributed by atoms with Gasteiger partial charge in [-0.3, -0.25) is 4.79 Å². The summed E-state index contributed by atoms with van der Waals surface area (Å²) in [4.78, 5) is 11.8. The number of nitrogens with one attached hydrogen (secondary N) is 2. The minimum absolute atomic E-state index is 0.135. The highest BCUT2D eigenvalue weighted by atomic mass is 35.5. The Morgan fingerprint density at radius 3 is 2.69 bits per heavy atom. The lowest BCUT2D eigenvalue weighted by molar-refractivity contribution is 0.217. The molecule has 0 aliphatic rings. The van der Waals surface area contributed by atoms with Crippen LogP contribution in [-0.2, 0) is 13.1 Å². The van der Waals surface area contributed by atoms with Crippen LogP contribution in [-0.4, -0.2) is 16.3 Å². The van der Waals surface area contributed by atoms with Gasteiger partial charge in [0.1, 0.15) is 5.75 Å². The number of benzene rings is 2. The van der Waals surface area contributed by atoms with Crippen molar-refractivity contribution in [3.8, 4) is 5.75 Å². The monoisotopic (exact) mass is 371 g/mol. The van der Waals surface area contributed by atoms with Gasteiger partial charge in [-0.15, -0.1) is 0 Å². The van der Waals surface area contributed by atoms with Crippen LogP contribution in [0, 0.1) is 0 Å². The normalized spacial score (nSPS) is 12.3. The van der Waals surface area contributed by atoms with Crippen molar-refractivity contribution < 1.29 is 4.74 Å². The number of aromatic amines is 1. The van der Waals surface area contributed by atoms with Crippen LogP contribution in [0.4, 0.5) is 0 Å². The topological polar surface area (TPSA) is 67.0 Å². The Bertz CT molecular complexity index is 955. The van der Waals surface area contributed by atoms with E-state index >= 15 is 0 Å². The van der Waals surface area contributed by atoms with Crippen molar-refractivity contribution >= 4 is 22.4 Å². The lowest BCUT2D eigenvalue weighted by atomic mass is 10.1. The van der Waals surface area contributed by atoms with E-state index in [-0.39, 0.29) is 11.7 Å². The van der Waals surface area contributed by atoms with Crippen molar-refractivity contribution in [2.45, 2.75) is 39.5 Å². The summed E-state index contributed by atoms with van der Waals surface area (Å²) in [6.45, 7) is 5.28. The van der Waals surface area contributed by atoms with Crippen LogP contribution in [0.2, 0.25) is 5.02 Å². The molecule has 1 unspecified atom stereocenters. The van der Waals surface area contributed by atoms with Gasteiger partial charge in [0.25, 0.3) is 5.56 Å². The first-order valence-electron chi connectivity index (χ1n) is 8.70. The van der Waals surface area contributed by atoms with E-state index in [1.54, 1.807) is 6.07 Å². The van der Waals surface area contributed by atoms with Crippen molar-refractivity contribution in [1.29, 1.82) is 0 Å². The molecule has 0 aliphatic carbocycles.